The van der Waals surface area contributed by atoms with E-state index in [1.54, 1.807) is 12.1 Å². The number of hydrogen-bond donors (Lipinski definition) is 0. The molecule has 2 rings (SSSR count). The van der Waals surface area contributed by atoms with Crippen molar-refractivity contribution < 1.29 is 18.0 Å². The summed E-state index contributed by atoms with van der Waals surface area (Å²) in [5, 5.41) is 0. The molecule has 0 amide bonds. The van der Waals surface area contributed by atoms with Gasteiger partial charge < -0.3 is 0 Å². The van der Waals surface area contributed by atoms with Gasteiger partial charge in [0.2, 0.25) is 0 Å². The van der Waals surface area contributed by atoms with Gasteiger partial charge >= 0.3 is 6.18 Å². The average Bonchev–Trinajstić information content (AvgIpc) is 2.38. The summed E-state index contributed by atoms with van der Waals surface area (Å²) in [6.45, 7) is 0. The fraction of sp³-hybridized carbons (Fsp3) is 0.0769. The number of benzene rings is 1. The number of hydrogen-bond acceptors (Lipinski definition) is 2. The smallest absolute Gasteiger partial charge is 0.296 e. The number of nitrogens with zero attached hydrogens (tertiary/aromatic N) is 1. The Hall–Kier alpha value is -2.17. The lowest BCUT2D eigenvalue weighted by Gasteiger charge is -2.08. The Kier molecular flexibility index (Phi) is 3.14. The van der Waals surface area contributed by atoms with Crippen molar-refractivity contribution in [3.8, 4) is 11.1 Å². The molecule has 0 unspecified atom stereocenters. The van der Waals surface area contributed by atoms with Gasteiger partial charge in [-0.2, -0.15) is 13.2 Å². The Morgan fingerprint density at radius 3 is 2.39 bits per heavy atom. The van der Waals surface area contributed by atoms with Crippen molar-refractivity contribution >= 4 is 6.29 Å². The van der Waals surface area contributed by atoms with Crippen LogP contribution in [0.4, 0.5) is 13.2 Å². The summed E-state index contributed by atoms with van der Waals surface area (Å²) in [5.74, 6) is 0. The molecule has 18 heavy (non-hydrogen) atoms. The molecule has 0 spiro atoms. The van der Waals surface area contributed by atoms with Gasteiger partial charge in [0, 0.05) is 11.8 Å². The van der Waals surface area contributed by atoms with E-state index in [-0.39, 0.29) is 5.69 Å². The largest absolute Gasteiger partial charge is 0.416 e. The van der Waals surface area contributed by atoms with E-state index < -0.39 is 11.7 Å². The fourth-order valence-electron chi connectivity index (χ4n) is 1.52. The monoisotopic (exact) mass is 251 g/mol. The Bertz CT molecular complexity index is 561. The highest BCUT2D eigenvalue weighted by atomic mass is 19.4. The molecule has 2 aromatic rings. The summed E-state index contributed by atoms with van der Waals surface area (Å²) >= 11 is 0. The Morgan fingerprint density at radius 2 is 1.83 bits per heavy atom. The number of rotatable bonds is 2. The lowest BCUT2D eigenvalue weighted by molar-refractivity contribution is -0.137. The third kappa shape index (κ3) is 2.56. The first-order chi connectivity index (χ1) is 8.50. The standard InChI is InChI=1S/C13H8F3NO/c14-13(15,16)11-3-1-2-9(6-11)10-4-5-12(8-18)17-7-10/h1-8H. The maximum Gasteiger partial charge on any atom is 0.416 e. The molecule has 0 saturated heterocycles. The SMILES string of the molecule is O=Cc1ccc(-c2cccc(C(F)(F)F)c2)cn1. The zero-order chi connectivity index (χ0) is 13.2. The Morgan fingerprint density at radius 1 is 1.06 bits per heavy atom. The number of aromatic nitrogens is 1. The number of carbonyl (C=O) groups is 1. The van der Waals surface area contributed by atoms with Gasteiger partial charge in [0.25, 0.3) is 0 Å². The molecule has 0 saturated carbocycles. The van der Waals surface area contributed by atoms with E-state index in [2.05, 4.69) is 4.98 Å². The van der Waals surface area contributed by atoms with E-state index >= 15 is 0 Å². The molecule has 0 atom stereocenters. The topological polar surface area (TPSA) is 30.0 Å². The summed E-state index contributed by atoms with van der Waals surface area (Å²) < 4.78 is 37.6. The summed E-state index contributed by atoms with van der Waals surface area (Å²) in [6, 6.07) is 7.99. The zero-order valence-corrected chi connectivity index (χ0v) is 9.11. The van der Waals surface area contributed by atoms with Gasteiger partial charge in [-0.25, -0.2) is 0 Å². The van der Waals surface area contributed by atoms with Gasteiger partial charge in [0.15, 0.2) is 6.29 Å². The van der Waals surface area contributed by atoms with Crippen LogP contribution in [0.5, 0.6) is 0 Å². The first kappa shape index (κ1) is 12.3. The second-order valence-corrected chi connectivity index (χ2v) is 3.67. The number of alkyl halides is 3. The van der Waals surface area contributed by atoms with Gasteiger partial charge in [-0.3, -0.25) is 9.78 Å². The van der Waals surface area contributed by atoms with Crippen LogP contribution in [0, 0.1) is 0 Å². The van der Waals surface area contributed by atoms with E-state index in [1.807, 2.05) is 0 Å². The highest BCUT2D eigenvalue weighted by Gasteiger charge is 2.30. The Balaban J connectivity index is 2.41. The number of aldehydes is 1. The molecule has 1 heterocycles. The minimum Gasteiger partial charge on any atom is -0.296 e. The third-order valence-corrected chi connectivity index (χ3v) is 2.43. The van der Waals surface area contributed by atoms with Crippen molar-refractivity contribution in [1.82, 2.24) is 4.98 Å². The molecule has 92 valence electrons. The normalized spacial score (nSPS) is 11.3. The summed E-state index contributed by atoms with van der Waals surface area (Å²) in [4.78, 5) is 14.2. The maximum atomic E-state index is 12.5. The van der Waals surface area contributed by atoms with E-state index in [0.29, 0.717) is 17.4 Å². The van der Waals surface area contributed by atoms with Crippen LogP contribution in [0.1, 0.15) is 16.1 Å². The van der Waals surface area contributed by atoms with Gasteiger partial charge in [-0.15, -0.1) is 0 Å². The van der Waals surface area contributed by atoms with Crippen LogP contribution >= 0.6 is 0 Å². The maximum absolute atomic E-state index is 12.5. The minimum atomic E-state index is -4.37. The average molecular weight is 251 g/mol. The van der Waals surface area contributed by atoms with Gasteiger partial charge in [-0.05, 0) is 23.8 Å². The number of halogens is 3. The predicted octanol–water partition coefficient (Wildman–Crippen LogP) is 3.58. The van der Waals surface area contributed by atoms with Crippen LogP contribution < -0.4 is 0 Å². The third-order valence-electron chi connectivity index (χ3n) is 2.43. The van der Waals surface area contributed by atoms with Crippen molar-refractivity contribution in [2.75, 3.05) is 0 Å². The minimum absolute atomic E-state index is 0.241. The number of carbonyl (C=O) groups excluding carboxylic acids is 1. The van der Waals surface area contributed by atoms with Crippen LogP contribution in [0.15, 0.2) is 42.6 Å². The molecule has 5 heteroatoms. The number of pyridine rings is 1. The Labute approximate surface area is 101 Å². The van der Waals surface area contributed by atoms with Crippen LogP contribution in [-0.4, -0.2) is 11.3 Å². The highest BCUT2D eigenvalue weighted by molar-refractivity contribution is 5.73. The molecule has 0 radical (unpaired) electrons. The van der Waals surface area contributed by atoms with Gasteiger partial charge in [-0.1, -0.05) is 18.2 Å². The molecule has 0 aliphatic rings. The molecule has 1 aromatic heterocycles. The molecular formula is C13H8F3NO. The quantitative estimate of drug-likeness (QED) is 0.763. The van der Waals surface area contributed by atoms with Crippen LogP contribution in [-0.2, 0) is 6.18 Å². The van der Waals surface area contributed by atoms with Crippen molar-refractivity contribution in [3.05, 3.63) is 53.9 Å². The summed E-state index contributed by atoms with van der Waals surface area (Å²) in [7, 11) is 0. The van der Waals surface area contributed by atoms with Crippen molar-refractivity contribution in [2.45, 2.75) is 6.18 Å². The second kappa shape index (κ2) is 4.60. The van der Waals surface area contributed by atoms with E-state index in [1.165, 1.54) is 18.3 Å². The molecule has 0 N–H and O–H groups in total. The van der Waals surface area contributed by atoms with Crippen molar-refractivity contribution in [2.24, 2.45) is 0 Å². The van der Waals surface area contributed by atoms with Crippen molar-refractivity contribution in [1.29, 1.82) is 0 Å². The highest BCUT2D eigenvalue weighted by Crippen LogP contribution is 2.31. The van der Waals surface area contributed by atoms with E-state index in [9.17, 15) is 18.0 Å². The predicted molar refractivity (Wildman–Crippen MR) is 60.1 cm³/mol. The van der Waals surface area contributed by atoms with Crippen LogP contribution in [0.25, 0.3) is 11.1 Å². The first-order valence-electron chi connectivity index (χ1n) is 5.09. The summed E-state index contributed by atoms with van der Waals surface area (Å²) in [5.41, 5.74) is 0.478. The lowest BCUT2D eigenvalue weighted by atomic mass is 10.0. The first-order valence-corrected chi connectivity index (χ1v) is 5.09. The van der Waals surface area contributed by atoms with Gasteiger partial charge in [0.1, 0.15) is 5.69 Å². The molecule has 0 bridgehead atoms. The van der Waals surface area contributed by atoms with Crippen LogP contribution in [0.2, 0.25) is 0 Å². The van der Waals surface area contributed by atoms with E-state index in [4.69, 9.17) is 0 Å². The second-order valence-electron chi connectivity index (χ2n) is 3.67. The van der Waals surface area contributed by atoms with E-state index in [0.717, 1.165) is 12.1 Å². The van der Waals surface area contributed by atoms with Crippen molar-refractivity contribution in [3.63, 3.8) is 0 Å². The molecular weight excluding hydrogens is 243 g/mol. The molecule has 0 fully saturated rings. The molecule has 1 aromatic carbocycles. The van der Waals surface area contributed by atoms with Crippen LogP contribution in [0.3, 0.4) is 0 Å². The summed E-state index contributed by atoms with van der Waals surface area (Å²) in [6.07, 6.45) is -2.42. The molecule has 0 aliphatic heterocycles. The molecule has 0 aliphatic carbocycles. The lowest BCUT2D eigenvalue weighted by Crippen LogP contribution is -2.04. The van der Waals surface area contributed by atoms with Gasteiger partial charge in [0.05, 0.1) is 5.56 Å². The fourth-order valence-corrected chi connectivity index (χ4v) is 1.52. The molecule has 2 nitrogen and oxygen atoms in total. The zero-order valence-electron chi connectivity index (χ0n) is 9.11.